The van der Waals surface area contributed by atoms with E-state index in [9.17, 15) is 22.8 Å². The van der Waals surface area contributed by atoms with E-state index in [2.05, 4.69) is 5.32 Å². The first kappa shape index (κ1) is 16.3. The molecule has 0 atom stereocenters. The normalized spacial score (nSPS) is 11.1. The van der Waals surface area contributed by atoms with Gasteiger partial charge in [-0.1, -0.05) is 6.07 Å². The number of aromatic carboxylic acids is 1. The molecule has 0 fully saturated rings. The molecule has 5 nitrogen and oxygen atoms in total. The Morgan fingerprint density at radius 1 is 1.09 bits per heavy atom. The quantitative estimate of drug-likeness (QED) is 0.756. The number of carboxylic acid groups (broad SMARTS) is 1. The van der Waals surface area contributed by atoms with Gasteiger partial charge in [0.2, 0.25) is 0 Å². The molecule has 0 aliphatic heterocycles. The van der Waals surface area contributed by atoms with E-state index >= 15 is 0 Å². The summed E-state index contributed by atoms with van der Waals surface area (Å²) < 4.78 is 37.9. The van der Waals surface area contributed by atoms with Gasteiger partial charge in [-0.05, 0) is 36.4 Å². The van der Waals surface area contributed by atoms with E-state index in [1.807, 2.05) is 0 Å². The van der Waals surface area contributed by atoms with Gasteiger partial charge in [0.15, 0.2) is 0 Å². The maximum absolute atomic E-state index is 12.6. The summed E-state index contributed by atoms with van der Waals surface area (Å²) in [4.78, 5) is 22.9. The maximum Gasteiger partial charge on any atom is 0.416 e. The van der Waals surface area contributed by atoms with E-state index < -0.39 is 23.6 Å². The summed E-state index contributed by atoms with van der Waals surface area (Å²) in [7, 11) is 0. The Bertz CT molecular complexity index is 773. The number of carboxylic acids is 1. The van der Waals surface area contributed by atoms with Crippen molar-refractivity contribution in [1.29, 1.82) is 0 Å². The molecule has 0 unspecified atom stereocenters. The van der Waals surface area contributed by atoms with E-state index in [1.165, 1.54) is 18.2 Å². The van der Waals surface area contributed by atoms with Crippen LogP contribution in [0.3, 0.4) is 0 Å². The van der Waals surface area contributed by atoms with Crippen molar-refractivity contribution in [3.8, 4) is 0 Å². The summed E-state index contributed by atoms with van der Waals surface area (Å²) in [6.07, 6.45) is -4.52. The zero-order chi connectivity index (χ0) is 17.2. The highest BCUT2D eigenvalue weighted by atomic mass is 19.4. The van der Waals surface area contributed by atoms with Gasteiger partial charge in [-0.25, -0.2) is 4.79 Å². The number of halogens is 3. The molecule has 0 spiro atoms. The van der Waals surface area contributed by atoms with Crippen molar-refractivity contribution >= 4 is 23.3 Å². The monoisotopic (exact) mass is 324 g/mol. The second kappa shape index (κ2) is 5.99. The summed E-state index contributed by atoms with van der Waals surface area (Å²) in [6, 6.07) is 7.61. The minimum Gasteiger partial charge on any atom is -0.478 e. The van der Waals surface area contributed by atoms with Crippen LogP contribution in [0, 0.1) is 0 Å². The molecule has 2 aromatic carbocycles. The molecule has 0 heterocycles. The fraction of sp³-hybridized carbons (Fsp3) is 0.0667. The highest BCUT2D eigenvalue weighted by molar-refractivity contribution is 6.08. The lowest BCUT2D eigenvalue weighted by Crippen LogP contribution is -2.15. The van der Waals surface area contributed by atoms with Gasteiger partial charge < -0.3 is 16.2 Å². The highest BCUT2D eigenvalue weighted by Gasteiger charge is 2.30. The van der Waals surface area contributed by atoms with E-state index in [0.717, 1.165) is 24.3 Å². The van der Waals surface area contributed by atoms with Crippen LogP contribution < -0.4 is 11.1 Å². The SMILES string of the molecule is Nc1cc(C(=O)O)ccc1C(=O)Nc1cccc(C(F)(F)F)c1. The van der Waals surface area contributed by atoms with Crippen LogP contribution in [0.4, 0.5) is 24.5 Å². The predicted octanol–water partition coefficient (Wildman–Crippen LogP) is 3.24. The van der Waals surface area contributed by atoms with Gasteiger partial charge >= 0.3 is 12.1 Å². The third-order valence-corrected chi connectivity index (χ3v) is 2.99. The third kappa shape index (κ3) is 3.79. The Morgan fingerprint density at radius 2 is 1.78 bits per heavy atom. The fourth-order valence-electron chi connectivity index (χ4n) is 1.87. The van der Waals surface area contributed by atoms with Gasteiger partial charge in [0.05, 0.1) is 16.7 Å². The Kier molecular flexibility index (Phi) is 4.26. The van der Waals surface area contributed by atoms with E-state index in [1.54, 1.807) is 0 Å². The van der Waals surface area contributed by atoms with Crippen LogP contribution in [0.2, 0.25) is 0 Å². The molecule has 0 bridgehead atoms. The fourth-order valence-corrected chi connectivity index (χ4v) is 1.87. The first-order chi connectivity index (χ1) is 10.7. The van der Waals surface area contributed by atoms with Gasteiger partial charge in [0.1, 0.15) is 0 Å². The molecule has 0 radical (unpaired) electrons. The molecule has 0 aliphatic carbocycles. The molecule has 23 heavy (non-hydrogen) atoms. The van der Waals surface area contributed by atoms with Crippen molar-refractivity contribution in [3.63, 3.8) is 0 Å². The maximum atomic E-state index is 12.6. The molecule has 2 rings (SSSR count). The van der Waals surface area contributed by atoms with Crippen molar-refractivity contribution in [3.05, 3.63) is 59.2 Å². The lowest BCUT2D eigenvalue weighted by molar-refractivity contribution is -0.137. The number of amides is 1. The molecule has 0 aromatic heterocycles. The number of carbonyl (C=O) groups is 2. The molecule has 1 amide bonds. The van der Waals surface area contributed by atoms with E-state index in [0.29, 0.717) is 0 Å². The molecule has 0 saturated carbocycles. The van der Waals surface area contributed by atoms with Crippen LogP contribution in [0.5, 0.6) is 0 Å². The van der Waals surface area contributed by atoms with Crippen LogP contribution in [-0.4, -0.2) is 17.0 Å². The standard InChI is InChI=1S/C15H11F3N2O3/c16-15(17,18)9-2-1-3-10(7-9)20-13(21)11-5-4-8(14(22)23)6-12(11)19/h1-7H,19H2,(H,20,21)(H,22,23). The zero-order valence-electron chi connectivity index (χ0n) is 11.5. The Labute approximate surface area is 128 Å². The number of hydrogen-bond acceptors (Lipinski definition) is 3. The van der Waals surface area contributed by atoms with Crippen LogP contribution >= 0.6 is 0 Å². The van der Waals surface area contributed by atoms with Gasteiger partial charge in [0.25, 0.3) is 5.91 Å². The molecular formula is C15H11F3N2O3. The number of benzene rings is 2. The molecule has 120 valence electrons. The van der Waals surface area contributed by atoms with Crippen molar-refractivity contribution in [2.75, 3.05) is 11.1 Å². The van der Waals surface area contributed by atoms with Crippen molar-refractivity contribution in [2.45, 2.75) is 6.18 Å². The van der Waals surface area contributed by atoms with Crippen molar-refractivity contribution in [2.24, 2.45) is 0 Å². The first-order valence-corrected chi connectivity index (χ1v) is 6.30. The second-order valence-corrected chi connectivity index (χ2v) is 4.64. The summed E-state index contributed by atoms with van der Waals surface area (Å²) in [5.41, 5.74) is 4.44. The Balaban J connectivity index is 2.24. The molecule has 8 heteroatoms. The molecule has 0 aliphatic rings. The smallest absolute Gasteiger partial charge is 0.416 e. The molecule has 0 saturated heterocycles. The topological polar surface area (TPSA) is 92.4 Å². The number of alkyl halides is 3. The number of nitrogens with one attached hydrogen (secondary N) is 1. The van der Waals surface area contributed by atoms with Crippen LogP contribution in [0.25, 0.3) is 0 Å². The number of hydrogen-bond donors (Lipinski definition) is 3. The van der Waals surface area contributed by atoms with Gasteiger partial charge in [0, 0.05) is 11.4 Å². The van der Waals surface area contributed by atoms with E-state index in [-0.39, 0.29) is 22.5 Å². The van der Waals surface area contributed by atoms with Crippen molar-refractivity contribution in [1.82, 2.24) is 0 Å². The number of nitrogen functional groups attached to an aromatic ring is 1. The highest BCUT2D eigenvalue weighted by Crippen LogP contribution is 2.30. The molecular weight excluding hydrogens is 313 g/mol. The van der Waals surface area contributed by atoms with Crippen LogP contribution in [-0.2, 0) is 6.18 Å². The largest absolute Gasteiger partial charge is 0.478 e. The zero-order valence-corrected chi connectivity index (χ0v) is 11.5. The average molecular weight is 324 g/mol. The third-order valence-electron chi connectivity index (χ3n) is 2.99. The minimum absolute atomic E-state index is 0.0348. The average Bonchev–Trinajstić information content (AvgIpc) is 2.46. The van der Waals surface area contributed by atoms with Crippen LogP contribution in [0.1, 0.15) is 26.3 Å². The van der Waals surface area contributed by atoms with E-state index in [4.69, 9.17) is 10.8 Å². The van der Waals surface area contributed by atoms with Gasteiger partial charge in [-0.2, -0.15) is 13.2 Å². The predicted molar refractivity (Wildman–Crippen MR) is 77.2 cm³/mol. The first-order valence-electron chi connectivity index (χ1n) is 6.30. The van der Waals surface area contributed by atoms with Crippen molar-refractivity contribution < 1.29 is 27.9 Å². The lowest BCUT2D eigenvalue weighted by atomic mass is 10.1. The Morgan fingerprint density at radius 3 is 2.35 bits per heavy atom. The van der Waals surface area contributed by atoms with Gasteiger partial charge in [-0.3, -0.25) is 4.79 Å². The number of nitrogens with two attached hydrogens (primary N) is 1. The minimum atomic E-state index is -4.52. The van der Waals surface area contributed by atoms with Gasteiger partial charge in [-0.15, -0.1) is 0 Å². The summed E-state index contributed by atoms with van der Waals surface area (Å²) in [6.45, 7) is 0. The van der Waals surface area contributed by atoms with Crippen LogP contribution in [0.15, 0.2) is 42.5 Å². The Hall–Kier alpha value is -3.03. The summed E-state index contributed by atoms with van der Waals surface area (Å²) in [5, 5.41) is 11.1. The number of carbonyl (C=O) groups excluding carboxylic acids is 1. The molecule has 4 N–H and O–H groups in total. The summed E-state index contributed by atoms with van der Waals surface area (Å²) in [5.74, 6) is -1.94. The number of anilines is 2. The molecule has 2 aromatic rings. The lowest BCUT2D eigenvalue weighted by Gasteiger charge is -2.11. The number of rotatable bonds is 3. The second-order valence-electron chi connectivity index (χ2n) is 4.64. The summed E-state index contributed by atoms with van der Waals surface area (Å²) >= 11 is 0.